The number of methoxy groups -OCH3 is 1. The molecule has 0 spiro atoms. The second-order valence-electron chi connectivity index (χ2n) is 4.57. The third-order valence-corrected chi connectivity index (χ3v) is 3.40. The van der Waals surface area contributed by atoms with Gasteiger partial charge in [-0.05, 0) is 43.1 Å². The van der Waals surface area contributed by atoms with Crippen LogP contribution in [0.2, 0.25) is 0 Å². The van der Waals surface area contributed by atoms with Gasteiger partial charge in [0.15, 0.2) is 0 Å². The van der Waals surface area contributed by atoms with Gasteiger partial charge in [0.1, 0.15) is 0 Å². The summed E-state index contributed by atoms with van der Waals surface area (Å²) in [5, 5.41) is 0. The van der Waals surface area contributed by atoms with E-state index in [-0.39, 0.29) is 0 Å². The Labute approximate surface area is 86.2 Å². The van der Waals surface area contributed by atoms with Gasteiger partial charge in [-0.2, -0.15) is 0 Å². The lowest BCUT2D eigenvalue weighted by atomic mass is 9.91. The van der Waals surface area contributed by atoms with E-state index >= 15 is 0 Å². The summed E-state index contributed by atoms with van der Waals surface area (Å²) in [7, 11) is 1.79. The van der Waals surface area contributed by atoms with Gasteiger partial charge in [0.05, 0.1) is 6.10 Å². The number of allylic oxidation sites excluding steroid dienone is 2. The summed E-state index contributed by atoms with van der Waals surface area (Å²) in [6.07, 6.45) is 12.1. The molecule has 0 aromatic heterocycles. The van der Waals surface area contributed by atoms with E-state index in [4.69, 9.17) is 4.74 Å². The van der Waals surface area contributed by atoms with Crippen molar-refractivity contribution in [3.05, 3.63) is 30.5 Å². The van der Waals surface area contributed by atoms with Crippen molar-refractivity contribution < 1.29 is 4.74 Å². The Morgan fingerprint density at radius 1 is 1.57 bits per heavy atom. The molecule has 0 heterocycles. The van der Waals surface area contributed by atoms with E-state index < -0.39 is 0 Å². The van der Waals surface area contributed by atoms with Crippen molar-refractivity contribution in [2.75, 3.05) is 7.11 Å². The predicted octanol–water partition coefficient (Wildman–Crippen LogP) is 3.09. The Morgan fingerprint density at radius 2 is 2.36 bits per heavy atom. The number of hydrogen-bond acceptors (Lipinski definition) is 1. The summed E-state index contributed by atoms with van der Waals surface area (Å²) in [5.74, 6) is 0.701. The maximum atomic E-state index is 5.31. The van der Waals surface area contributed by atoms with E-state index in [1.165, 1.54) is 19.3 Å². The number of hydrogen-bond donors (Lipinski definition) is 0. The lowest BCUT2D eigenvalue weighted by molar-refractivity contribution is 0.130. The largest absolute Gasteiger partial charge is 0.377 e. The zero-order valence-electron chi connectivity index (χ0n) is 8.83. The lowest BCUT2D eigenvalue weighted by Gasteiger charge is -2.15. The first-order valence-corrected chi connectivity index (χ1v) is 5.36. The quantitative estimate of drug-likeness (QED) is 0.489. The maximum absolute atomic E-state index is 5.31. The molecule has 2 aliphatic carbocycles. The van der Waals surface area contributed by atoms with Crippen molar-refractivity contribution in [2.45, 2.75) is 31.8 Å². The van der Waals surface area contributed by atoms with Gasteiger partial charge in [-0.3, -0.25) is 0 Å². The van der Waals surface area contributed by atoms with Crippen LogP contribution in [0.1, 0.15) is 25.7 Å². The molecule has 2 rings (SSSR count). The second kappa shape index (κ2) is 3.76. The van der Waals surface area contributed by atoms with Crippen molar-refractivity contribution in [3.8, 4) is 0 Å². The number of ether oxygens (including phenoxy) is 1. The van der Waals surface area contributed by atoms with Gasteiger partial charge in [-0.1, -0.05) is 18.7 Å². The third kappa shape index (κ3) is 2.00. The van der Waals surface area contributed by atoms with Crippen molar-refractivity contribution >= 4 is 0 Å². The molecule has 2 aliphatic rings. The zero-order chi connectivity index (χ0) is 10.0. The van der Waals surface area contributed by atoms with Crippen LogP contribution in [-0.2, 0) is 4.74 Å². The highest BCUT2D eigenvalue weighted by Crippen LogP contribution is 2.53. The van der Waals surface area contributed by atoms with Crippen molar-refractivity contribution in [2.24, 2.45) is 11.3 Å². The summed E-state index contributed by atoms with van der Waals surface area (Å²) in [4.78, 5) is 0. The molecule has 0 amide bonds. The smallest absolute Gasteiger partial charge is 0.0757 e. The first kappa shape index (κ1) is 9.76. The van der Waals surface area contributed by atoms with E-state index in [9.17, 15) is 0 Å². The van der Waals surface area contributed by atoms with E-state index in [1.807, 2.05) is 0 Å². The zero-order valence-corrected chi connectivity index (χ0v) is 8.83. The fourth-order valence-electron chi connectivity index (χ4n) is 2.37. The minimum Gasteiger partial charge on any atom is -0.377 e. The minimum atomic E-state index is 0.350. The molecule has 1 saturated carbocycles. The molecule has 0 aromatic rings. The fourth-order valence-corrected chi connectivity index (χ4v) is 2.37. The molecule has 14 heavy (non-hydrogen) atoms. The summed E-state index contributed by atoms with van der Waals surface area (Å²) in [6.45, 7) is 3.67. The van der Waals surface area contributed by atoms with Gasteiger partial charge in [0.25, 0.3) is 0 Å². The molecule has 2 unspecified atom stereocenters. The molecule has 1 heteroatoms. The summed E-state index contributed by atoms with van der Waals surface area (Å²) in [5.41, 5.74) is 3.38. The SMILES string of the molecule is C=C=CC1(CC2C=CC(OC)C2)CC1. The molecule has 1 fully saturated rings. The van der Waals surface area contributed by atoms with Gasteiger partial charge >= 0.3 is 0 Å². The molecule has 0 N–H and O–H groups in total. The summed E-state index contributed by atoms with van der Waals surface area (Å²) in [6, 6.07) is 0. The average molecular weight is 190 g/mol. The first-order valence-electron chi connectivity index (χ1n) is 5.36. The second-order valence-corrected chi connectivity index (χ2v) is 4.57. The molecule has 76 valence electrons. The van der Waals surface area contributed by atoms with Crippen molar-refractivity contribution in [1.29, 1.82) is 0 Å². The molecular weight excluding hydrogens is 172 g/mol. The van der Waals surface area contributed by atoms with Crippen LogP contribution in [0.15, 0.2) is 30.5 Å². The molecule has 1 nitrogen and oxygen atoms in total. The van der Waals surface area contributed by atoms with Gasteiger partial charge in [0.2, 0.25) is 0 Å². The Morgan fingerprint density at radius 3 is 2.86 bits per heavy atom. The molecule has 0 radical (unpaired) electrons. The Kier molecular flexibility index (Phi) is 2.62. The van der Waals surface area contributed by atoms with E-state index in [0.29, 0.717) is 17.4 Å². The highest BCUT2D eigenvalue weighted by molar-refractivity contribution is 5.13. The molecule has 0 saturated heterocycles. The standard InChI is InChI=1S/C13H18O/c1-3-6-13(7-8-13)10-11-4-5-12(9-11)14-2/h4-6,11-12H,1,7-10H2,2H3. The van der Waals surface area contributed by atoms with E-state index in [1.54, 1.807) is 7.11 Å². The van der Waals surface area contributed by atoms with E-state index in [2.05, 4.69) is 30.5 Å². The highest BCUT2D eigenvalue weighted by Gasteiger charge is 2.42. The van der Waals surface area contributed by atoms with Crippen molar-refractivity contribution in [3.63, 3.8) is 0 Å². The minimum absolute atomic E-state index is 0.350. The Bertz CT molecular complexity index is 280. The fraction of sp³-hybridized carbons (Fsp3) is 0.615. The maximum Gasteiger partial charge on any atom is 0.0757 e. The topological polar surface area (TPSA) is 9.23 Å². The molecule has 0 aliphatic heterocycles. The van der Waals surface area contributed by atoms with Crippen LogP contribution in [0.4, 0.5) is 0 Å². The van der Waals surface area contributed by atoms with Gasteiger partial charge in [-0.15, -0.1) is 5.73 Å². The molecule has 2 atom stereocenters. The first-order chi connectivity index (χ1) is 6.78. The number of rotatable bonds is 4. The Hall–Kier alpha value is -0.780. The Balaban J connectivity index is 1.88. The van der Waals surface area contributed by atoms with Crippen LogP contribution < -0.4 is 0 Å². The normalized spacial score (nSPS) is 32.6. The molecule has 0 bridgehead atoms. The van der Waals surface area contributed by atoms with Crippen LogP contribution in [0.3, 0.4) is 0 Å². The van der Waals surface area contributed by atoms with E-state index in [0.717, 1.165) is 6.42 Å². The summed E-state index contributed by atoms with van der Waals surface area (Å²) < 4.78 is 5.31. The average Bonchev–Trinajstić information content (AvgIpc) is 2.78. The van der Waals surface area contributed by atoms with Crippen LogP contribution in [0.25, 0.3) is 0 Å². The van der Waals surface area contributed by atoms with Crippen LogP contribution >= 0.6 is 0 Å². The van der Waals surface area contributed by atoms with Gasteiger partial charge < -0.3 is 4.74 Å². The predicted molar refractivity (Wildman–Crippen MR) is 58.0 cm³/mol. The van der Waals surface area contributed by atoms with Crippen LogP contribution in [0.5, 0.6) is 0 Å². The van der Waals surface area contributed by atoms with Gasteiger partial charge in [0, 0.05) is 7.11 Å². The van der Waals surface area contributed by atoms with Crippen molar-refractivity contribution in [1.82, 2.24) is 0 Å². The summed E-state index contributed by atoms with van der Waals surface area (Å²) >= 11 is 0. The molecular formula is C13H18O. The highest BCUT2D eigenvalue weighted by atomic mass is 16.5. The van der Waals surface area contributed by atoms with Crippen LogP contribution in [0, 0.1) is 11.3 Å². The van der Waals surface area contributed by atoms with Gasteiger partial charge in [-0.25, -0.2) is 0 Å². The van der Waals surface area contributed by atoms with Crippen LogP contribution in [-0.4, -0.2) is 13.2 Å². The molecule has 0 aromatic carbocycles. The lowest BCUT2D eigenvalue weighted by Crippen LogP contribution is -2.09. The monoisotopic (exact) mass is 190 g/mol. The third-order valence-electron chi connectivity index (χ3n) is 3.40.